The Bertz CT molecular complexity index is 554. The Morgan fingerprint density at radius 1 is 1.11 bits per heavy atom. The molecule has 0 saturated carbocycles. The van der Waals surface area contributed by atoms with Crippen molar-refractivity contribution >= 4 is 5.97 Å². The summed E-state index contributed by atoms with van der Waals surface area (Å²) in [7, 11) is 0. The van der Waals surface area contributed by atoms with Gasteiger partial charge in [-0.15, -0.1) is 0 Å². The van der Waals surface area contributed by atoms with E-state index in [2.05, 4.69) is 0 Å². The van der Waals surface area contributed by atoms with Gasteiger partial charge in [-0.05, 0) is 23.8 Å². The number of carboxylic acids is 1. The predicted molar refractivity (Wildman–Crippen MR) is 72.3 cm³/mol. The number of ether oxygens (including phenoxy) is 1. The third kappa shape index (κ3) is 3.56. The van der Waals surface area contributed by atoms with E-state index in [1.54, 1.807) is 6.07 Å². The lowest BCUT2D eigenvalue weighted by Crippen LogP contribution is -2.32. The van der Waals surface area contributed by atoms with Crippen LogP contribution in [-0.4, -0.2) is 17.1 Å². The SMILES string of the molecule is N[C@@H](Cc1ccccc1Oc1ccccc1)C(=O)O. The Hall–Kier alpha value is -2.33. The van der Waals surface area contributed by atoms with Gasteiger partial charge in [0.15, 0.2) is 0 Å². The highest BCUT2D eigenvalue weighted by molar-refractivity contribution is 5.73. The van der Waals surface area contributed by atoms with Crippen molar-refractivity contribution in [2.24, 2.45) is 5.73 Å². The Kier molecular flexibility index (Phi) is 4.15. The quantitative estimate of drug-likeness (QED) is 0.862. The fourth-order valence-electron chi connectivity index (χ4n) is 1.71. The molecule has 0 heterocycles. The summed E-state index contributed by atoms with van der Waals surface area (Å²) in [5, 5.41) is 8.86. The topological polar surface area (TPSA) is 72.5 Å². The highest BCUT2D eigenvalue weighted by Gasteiger charge is 2.15. The van der Waals surface area contributed by atoms with Gasteiger partial charge in [0.25, 0.3) is 0 Å². The fraction of sp³-hybridized carbons (Fsp3) is 0.133. The number of rotatable bonds is 5. The molecule has 0 bridgehead atoms. The number of aliphatic carboxylic acids is 1. The zero-order valence-electron chi connectivity index (χ0n) is 10.3. The van der Waals surface area contributed by atoms with Crippen molar-refractivity contribution in [3.05, 3.63) is 60.2 Å². The third-order valence-corrected chi connectivity index (χ3v) is 2.70. The number of hydrogen-bond acceptors (Lipinski definition) is 3. The molecule has 4 heteroatoms. The molecule has 0 aromatic heterocycles. The minimum atomic E-state index is -1.02. The van der Waals surface area contributed by atoms with Crippen molar-refractivity contribution in [1.82, 2.24) is 0 Å². The maximum Gasteiger partial charge on any atom is 0.320 e. The lowest BCUT2D eigenvalue weighted by Gasteiger charge is -2.12. The molecular weight excluding hydrogens is 242 g/mol. The average Bonchev–Trinajstić information content (AvgIpc) is 2.42. The minimum Gasteiger partial charge on any atom is -0.480 e. The Labute approximate surface area is 111 Å². The minimum absolute atomic E-state index is 0.234. The number of nitrogens with two attached hydrogens (primary N) is 1. The predicted octanol–water partition coefficient (Wildman–Crippen LogP) is 2.43. The molecule has 2 aromatic rings. The zero-order chi connectivity index (χ0) is 13.7. The number of para-hydroxylation sites is 2. The van der Waals surface area contributed by atoms with E-state index in [0.717, 1.165) is 5.56 Å². The first-order chi connectivity index (χ1) is 9.16. The van der Waals surface area contributed by atoms with Crippen LogP contribution in [0.3, 0.4) is 0 Å². The largest absolute Gasteiger partial charge is 0.480 e. The molecule has 0 aliphatic heterocycles. The van der Waals surface area contributed by atoms with Crippen LogP contribution in [0, 0.1) is 0 Å². The van der Waals surface area contributed by atoms with Crippen molar-refractivity contribution in [2.75, 3.05) is 0 Å². The molecule has 0 fully saturated rings. The zero-order valence-corrected chi connectivity index (χ0v) is 10.3. The molecule has 0 unspecified atom stereocenters. The average molecular weight is 257 g/mol. The van der Waals surface area contributed by atoms with Gasteiger partial charge >= 0.3 is 5.97 Å². The van der Waals surface area contributed by atoms with Crippen LogP contribution in [0.15, 0.2) is 54.6 Å². The number of benzene rings is 2. The first kappa shape index (κ1) is 13.1. The molecule has 2 rings (SSSR count). The molecular formula is C15H15NO3. The monoisotopic (exact) mass is 257 g/mol. The summed E-state index contributed by atoms with van der Waals surface area (Å²) in [5.74, 6) is 0.318. The highest BCUT2D eigenvalue weighted by Crippen LogP contribution is 2.25. The van der Waals surface area contributed by atoms with Crippen LogP contribution >= 0.6 is 0 Å². The molecule has 1 atom stereocenters. The van der Waals surface area contributed by atoms with Crippen LogP contribution in [-0.2, 0) is 11.2 Å². The highest BCUT2D eigenvalue weighted by atomic mass is 16.5. The molecule has 0 saturated heterocycles. The van der Waals surface area contributed by atoms with Crippen LogP contribution in [0.4, 0.5) is 0 Å². The molecule has 0 spiro atoms. The Morgan fingerprint density at radius 2 is 1.74 bits per heavy atom. The molecule has 3 N–H and O–H groups in total. The van der Waals surface area contributed by atoms with Gasteiger partial charge in [-0.25, -0.2) is 0 Å². The van der Waals surface area contributed by atoms with E-state index in [4.69, 9.17) is 15.6 Å². The maximum absolute atomic E-state index is 10.8. The molecule has 98 valence electrons. The molecule has 19 heavy (non-hydrogen) atoms. The van der Waals surface area contributed by atoms with Gasteiger partial charge in [-0.3, -0.25) is 4.79 Å². The van der Waals surface area contributed by atoms with E-state index in [-0.39, 0.29) is 6.42 Å². The van der Waals surface area contributed by atoms with Crippen molar-refractivity contribution < 1.29 is 14.6 Å². The van der Waals surface area contributed by atoms with Crippen LogP contribution in [0.2, 0.25) is 0 Å². The summed E-state index contributed by atoms with van der Waals surface area (Å²) in [6.45, 7) is 0. The summed E-state index contributed by atoms with van der Waals surface area (Å²) in [6, 6.07) is 15.7. The van der Waals surface area contributed by atoms with E-state index in [9.17, 15) is 4.79 Å². The lowest BCUT2D eigenvalue weighted by molar-refractivity contribution is -0.138. The first-order valence-corrected chi connectivity index (χ1v) is 5.96. The smallest absolute Gasteiger partial charge is 0.320 e. The van der Waals surface area contributed by atoms with E-state index in [0.29, 0.717) is 11.5 Å². The van der Waals surface area contributed by atoms with Gasteiger partial charge in [0.1, 0.15) is 17.5 Å². The number of carboxylic acid groups (broad SMARTS) is 1. The third-order valence-electron chi connectivity index (χ3n) is 2.70. The van der Waals surface area contributed by atoms with Crippen molar-refractivity contribution in [2.45, 2.75) is 12.5 Å². The van der Waals surface area contributed by atoms with Gasteiger partial charge < -0.3 is 15.6 Å². The van der Waals surface area contributed by atoms with Gasteiger partial charge in [0, 0.05) is 6.42 Å². The first-order valence-electron chi connectivity index (χ1n) is 5.96. The molecule has 0 amide bonds. The van der Waals surface area contributed by atoms with Gasteiger partial charge in [-0.2, -0.15) is 0 Å². The van der Waals surface area contributed by atoms with Crippen molar-refractivity contribution in [3.8, 4) is 11.5 Å². The molecule has 0 aliphatic rings. The summed E-state index contributed by atoms with van der Waals surface area (Å²) in [6.07, 6.45) is 0.234. The second kappa shape index (κ2) is 6.02. The Morgan fingerprint density at radius 3 is 2.42 bits per heavy atom. The molecule has 0 aliphatic carbocycles. The van der Waals surface area contributed by atoms with Crippen LogP contribution in [0.1, 0.15) is 5.56 Å². The number of hydrogen-bond donors (Lipinski definition) is 2. The molecule has 2 aromatic carbocycles. The molecule has 0 radical (unpaired) electrons. The maximum atomic E-state index is 10.8. The van der Waals surface area contributed by atoms with Gasteiger partial charge in [-0.1, -0.05) is 36.4 Å². The summed E-state index contributed by atoms with van der Waals surface area (Å²) in [4.78, 5) is 10.8. The van der Waals surface area contributed by atoms with E-state index < -0.39 is 12.0 Å². The van der Waals surface area contributed by atoms with Crippen LogP contribution < -0.4 is 10.5 Å². The summed E-state index contributed by atoms with van der Waals surface area (Å²) >= 11 is 0. The summed E-state index contributed by atoms with van der Waals surface area (Å²) < 4.78 is 5.74. The second-order valence-corrected chi connectivity index (χ2v) is 4.17. The second-order valence-electron chi connectivity index (χ2n) is 4.17. The van der Waals surface area contributed by atoms with Crippen molar-refractivity contribution in [3.63, 3.8) is 0 Å². The van der Waals surface area contributed by atoms with Crippen molar-refractivity contribution in [1.29, 1.82) is 0 Å². The van der Waals surface area contributed by atoms with E-state index >= 15 is 0 Å². The van der Waals surface area contributed by atoms with Gasteiger partial charge in [0.05, 0.1) is 0 Å². The van der Waals surface area contributed by atoms with Crippen LogP contribution in [0.5, 0.6) is 11.5 Å². The normalized spacial score (nSPS) is 11.8. The fourth-order valence-corrected chi connectivity index (χ4v) is 1.71. The lowest BCUT2D eigenvalue weighted by atomic mass is 10.1. The van der Waals surface area contributed by atoms with E-state index in [1.807, 2.05) is 48.5 Å². The molecule has 4 nitrogen and oxygen atoms in total. The summed E-state index contributed by atoms with van der Waals surface area (Å²) in [5.41, 5.74) is 6.33. The van der Waals surface area contributed by atoms with Gasteiger partial charge in [0.2, 0.25) is 0 Å². The Balaban J connectivity index is 2.19. The number of carbonyl (C=O) groups is 1. The standard InChI is InChI=1S/C15H15NO3/c16-13(15(17)18)10-11-6-4-5-9-14(11)19-12-7-2-1-3-8-12/h1-9,13H,10,16H2,(H,17,18)/t13-/m0/s1. The van der Waals surface area contributed by atoms with Crippen LogP contribution in [0.25, 0.3) is 0 Å². The van der Waals surface area contributed by atoms with E-state index in [1.165, 1.54) is 0 Å².